The summed E-state index contributed by atoms with van der Waals surface area (Å²) in [5.41, 5.74) is 1.03. The first-order valence-electron chi connectivity index (χ1n) is 6.89. The third kappa shape index (κ3) is 4.50. The van der Waals surface area contributed by atoms with E-state index in [1.807, 2.05) is 30.3 Å². The van der Waals surface area contributed by atoms with E-state index in [0.29, 0.717) is 12.0 Å². The van der Waals surface area contributed by atoms with Crippen LogP contribution in [0.25, 0.3) is 6.08 Å². The molecule has 1 saturated carbocycles. The second kappa shape index (κ2) is 6.90. The number of amides is 1. The fraction of sp³-hybridized carbons (Fsp3) is 0.438. The van der Waals surface area contributed by atoms with Crippen LogP contribution in [0.2, 0.25) is 0 Å². The van der Waals surface area contributed by atoms with E-state index in [4.69, 9.17) is 0 Å². The van der Waals surface area contributed by atoms with Gasteiger partial charge in [-0.3, -0.25) is 4.79 Å². The number of hydrogen-bond donors (Lipinski definition) is 1. The van der Waals surface area contributed by atoms with Gasteiger partial charge in [-0.2, -0.15) is 0 Å². The summed E-state index contributed by atoms with van der Waals surface area (Å²) in [5, 5.41) is 3.12. The molecule has 1 aromatic rings. The van der Waals surface area contributed by atoms with Crippen molar-refractivity contribution in [3.05, 3.63) is 40.4 Å². The summed E-state index contributed by atoms with van der Waals surface area (Å²) in [5.74, 6) is 0.607. The van der Waals surface area contributed by atoms with E-state index in [1.165, 1.54) is 19.3 Å². The lowest BCUT2D eigenvalue weighted by Gasteiger charge is -2.29. The Balaban J connectivity index is 1.90. The topological polar surface area (TPSA) is 29.1 Å². The smallest absolute Gasteiger partial charge is 0.244 e. The molecule has 0 heterocycles. The molecule has 1 N–H and O–H groups in total. The van der Waals surface area contributed by atoms with Crippen LogP contribution < -0.4 is 5.32 Å². The monoisotopic (exact) mass is 321 g/mol. The van der Waals surface area contributed by atoms with Crippen molar-refractivity contribution < 1.29 is 4.79 Å². The van der Waals surface area contributed by atoms with Gasteiger partial charge < -0.3 is 5.32 Å². The van der Waals surface area contributed by atoms with Gasteiger partial charge in [0.05, 0.1) is 0 Å². The van der Waals surface area contributed by atoms with Crippen molar-refractivity contribution in [2.75, 3.05) is 0 Å². The molecule has 1 amide bonds. The summed E-state index contributed by atoms with van der Waals surface area (Å²) in [7, 11) is 0. The number of carbonyl (C=O) groups excluding carboxylic acids is 1. The Morgan fingerprint density at radius 3 is 2.89 bits per heavy atom. The van der Waals surface area contributed by atoms with E-state index in [9.17, 15) is 4.79 Å². The molecule has 1 aromatic carbocycles. The molecule has 19 heavy (non-hydrogen) atoms. The van der Waals surface area contributed by atoms with Crippen molar-refractivity contribution >= 4 is 27.9 Å². The van der Waals surface area contributed by atoms with Gasteiger partial charge in [0.2, 0.25) is 5.91 Å². The van der Waals surface area contributed by atoms with Crippen LogP contribution in [0, 0.1) is 5.92 Å². The first-order chi connectivity index (χ1) is 9.15. The Morgan fingerprint density at radius 1 is 1.37 bits per heavy atom. The molecule has 0 bridgehead atoms. The zero-order chi connectivity index (χ0) is 13.7. The quantitative estimate of drug-likeness (QED) is 0.832. The van der Waals surface area contributed by atoms with E-state index < -0.39 is 0 Å². The molecule has 102 valence electrons. The summed E-state index contributed by atoms with van der Waals surface area (Å²) >= 11 is 3.42. The molecule has 2 rings (SSSR count). The lowest BCUT2D eigenvalue weighted by Crippen LogP contribution is -2.40. The Morgan fingerprint density at radius 2 is 2.16 bits per heavy atom. The summed E-state index contributed by atoms with van der Waals surface area (Å²) in [4.78, 5) is 11.9. The summed E-state index contributed by atoms with van der Waals surface area (Å²) < 4.78 is 1.02. The normalized spacial score (nSPS) is 23.5. The van der Waals surface area contributed by atoms with Crippen LogP contribution in [0.4, 0.5) is 0 Å². The van der Waals surface area contributed by atoms with Crippen LogP contribution in [0.1, 0.15) is 38.2 Å². The number of hydrogen-bond acceptors (Lipinski definition) is 1. The predicted molar refractivity (Wildman–Crippen MR) is 82.7 cm³/mol. The van der Waals surface area contributed by atoms with E-state index in [2.05, 4.69) is 28.2 Å². The highest BCUT2D eigenvalue weighted by Crippen LogP contribution is 2.23. The van der Waals surface area contributed by atoms with Crippen LogP contribution >= 0.6 is 15.9 Å². The summed E-state index contributed by atoms with van der Waals surface area (Å²) in [6.07, 6.45) is 8.33. The molecule has 0 aliphatic heterocycles. The van der Waals surface area contributed by atoms with E-state index in [1.54, 1.807) is 6.08 Å². The molecule has 0 aromatic heterocycles. The van der Waals surface area contributed by atoms with Gasteiger partial charge in [-0.05, 0) is 42.5 Å². The molecule has 0 radical (unpaired) electrons. The highest BCUT2D eigenvalue weighted by atomic mass is 79.9. The van der Waals surface area contributed by atoms with Crippen LogP contribution in [-0.4, -0.2) is 11.9 Å². The predicted octanol–water partition coefficient (Wildman–Crippen LogP) is 4.16. The van der Waals surface area contributed by atoms with Crippen LogP contribution in [0.3, 0.4) is 0 Å². The maximum Gasteiger partial charge on any atom is 0.244 e. The standard InChI is InChI=1S/C16H20BrNO/c1-12-5-2-3-8-15(12)18-16(19)10-9-13-6-4-7-14(17)11-13/h4,6-7,9-12,15H,2-3,5,8H2,1H3,(H,18,19)/b10-9+/t12-,15-/m1/s1. The average Bonchev–Trinajstić information content (AvgIpc) is 2.39. The van der Waals surface area contributed by atoms with Gasteiger partial charge in [0.1, 0.15) is 0 Å². The van der Waals surface area contributed by atoms with Gasteiger partial charge in [-0.1, -0.05) is 47.8 Å². The lowest BCUT2D eigenvalue weighted by atomic mass is 9.86. The maximum absolute atomic E-state index is 11.9. The Kier molecular flexibility index (Phi) is 5.20. The number of benzene rings is 1. The molecule has 0 unspecified atom stereocenters. The molecular weight excluding hydrogens is 302 g/mol. The first kappa shape index (κ1) is 14.3. The van der Waals surface area contributed by atoms with E-state index in [0.717, 1.165) is 16.5 Å². The number of rotatable bonds is 3. The molecular formula is C16H20BrNO. The van der Waals surface area contributed by atoms with Gasteiger partial charge in [-0.25, -0.2) is 0 Å². The van der Waals surface area contributed by atoms with Crippen molar-refractivity contribution in [2.24, 2.45) is 5.92 Å². The van der Waals surface area contributed by atoms with Crippen LogP contribution in [-0.2, 0) is 4.79 Å². The Bertz CT molecular complexity index is 470. The van der Waals surface area contributed by atoms with E-state index >= 15 is 0 Å². The minimum Gasteiger partial charge on any atom is -0.350 e. The van der Waals surface area contributed by atoms with Crippen molar-refractivity contribution in [3.8, 4) is 0 Å². The molecule has 3 heteroatoms. The molecule has 1 fully saturated rings. The second-order valence-electron chi connectivity index (χ2n) is 5.27. The average molecular weight is 322 g/mol. The third-order valence-electron chi connectivity index (χ3n) is 3.71. The number of carbonyl (C=O) groups is 1. The second-order valence-corrected chi connectivity index (χ2v) is 6.18. The van der Waals surface area contributed by atoms with Crippen molar-refractivity contribution in [2.45, 2.75) is 38.6 Å². The molecule has 0 spiro atoms. The number of halogens is 1. The SMILES string of the molecule is C[C@@H]1CCCC[C@H]1NC(=O)/C=C/c1cccc(Br)c1. The molecule has 1 aliphatic rings. The van der Waals surface area contributed by atoms with Crippen LogP contribution in [0.15, 0.2) is 34.8 Å². The van der Waals surface area contributed by atoms with Gasteiger partial charge in [0, 0.05) is 16.6 Å². The van der Waals surface area contributed by atoms with Crippen molar-refractivity contribution in [1.82, 2.24) is 5.32 Å². The van der Waals surface area contributed by atoms with Gasteiger partial charge in [-0.15, -0.1) is 0 Å². The minimum atomic E-state index is 0.0127. The molecule has 2 nitrogen and oxygen atoms in total. The number of nitrogens with one attached hydrogen (secondary N) is 1. The lowest BCUT2D eigenvalue weighted by molar-refractivity contribution is -0.117. The van der Waals surface area contributed by atoms with Crippen LogP contribution in [0.5, 0.6) is 0 Å². The zero-order valence-corrected chi connectivity index (χ0v) is 12.8. The highest BCUT2D eigenvalue weighted by molar-refractivity contribution is 9.10. The van der Waals surface area contributed by atoms with Gasteiger partial charge in [0.15, 0.2) is 0 Å². The molecule has 1 aliphatic carbocycles. The fourth-order valence-corrected chi connectivity index (χ4v) is 2.96. The summed E-state index contributed by atoms with van der Waals surface area (Å²) in [6.45, 7) is 2.22. The highest BCUT2D eigenvalue weighted by Gasteiger charge is 2.21. The van der Waals surface area contributed by atoms with Crippen molar-refractivity contribution in [3.63, 3.8) is 0 Å². The Labute approximate surface area is 123 Å². The van der Waals surface area contributed by atoms with E-state index in [-0.39, 0.29) is 5.91 Å². The third-order valence-corrected chi connectivity index (χ3v) is 4.21. The zero-order valence-electron chi connectivity index (χ0n) is 11.2. The first-order valence-corrected chi connectivity index (χ1v) is 7.68. The van der Waals surface area contributed by atoms with Gasteiger partial charge >= 0.3 is 0 Å². The molecule has 2 atom stereocenters. The summed E-state index contributed by atoms with van der Waals surface area (Å²) in [6, 6.07) is 8.25. The maximum atomic E-state index is 11.9. The largest absolute Gasteiger partial charge is 0.350 e. The Hall–Kier alpha value is -1.09. The van der Waals surface area contributed by atoms with Gasteiger partial charge in [0.25, 0.3) is 0 Å². The fourth-order valence-electron chi connectivity index (χ4n) is 2.54. The minimum absolute atomic E-state index is 0.0127. The van der Waals surface area contributed by atoms with Crippen molar-refractivity contribution in [1.29, 1.82) is 0 Å². The molecule has 0 saturated heterocycles.